The molecule has 1 aliphatic rings. The number of thiazole rings is 2. The average molecular weight is 497 g/mol. The summed E-state index contributed by atoms with van der Waals surface area (Å²) < 4.78 is 19.9. The van der Waals surface area contributed by atoms with Crippen LogP contribution in [0.15, 0.2) is 63.3 Å². The van der Waals surface area contributed by atoms with Crippen molar-refractivity contribution >= 4 is 62.5 Å². The van der Waals surface area contributed by atoms with Crippen LogP contribution in [0.4, 0.5) is 10.1 Å². The molecule has 4 nitrogen and oxygen atoms in total. The molecule has 0 amide bonds. The van der Waals surface area contributed by atoms with Gasteiger partial charge in [-0.15, -0.1) is 11.3 Å². The molecule has 2 aromatic heterocycles. The SMILES string of the molecule is CCCN1/C(=C/C=c2\s/c(=C\c3sc4ccc(F)cc4[n+]3C)n(C)c2=O)Sc2ccccc21. The van der Waals surface area contributed by atoms with Crippen molar-refractivity contribution in [2.45, 2.75) is 18.2 Å². The molecule has 5 rings (SSSR count). The smallest absolute Gasteiger partial charge is 0.268 e. The van der Waals surface area contributed by atoms with Crippen LogP contribution in [-0.2, 0) is 14.1 Å². The number of para-hydroxylation sites is 1. The molecule has 0 saturated carbocycles. The van der Waals surface area contributed by atoms with Gasteiger partial charge in [-0.2, -0.15) is 4.57 Å². The molecular weight excluding hydrogens is 473 g/mol. The fourth-order valence-electron chi connectivity index (χ4n) is 3.87. The van der Waals surface area contributed by atoms with Crippen LogP contribution in [0.3, 0.4) is 0 Å². The molecule has 0 spiro atoms. The molecule has 1 aliphatic heterocycles. The van der Waals surface area contributed by atoms with Crippen LogP contribution < -0.4 is 24.2 Å². The van der Waals surface area contributed by atoms with Gasteiger partial charge in [0.15, 0.2) is 0 Å². The summed E-state index contributed by atoms with van der Waals surface area (Å²) in [6.07, 6.45) is 7.03. The molecule has 3 heterocycles. The molecule has 0 aliphatic carbocycles. The van der Waals surface area contributed by atoms with Crippen molar-refractivity contribution < 1.29 is 8.96 Å². The predicted molar refractivity (Wildman–Crippen MR) is 138 cm³/mol. The monoisotopic (exact) mass is 496 g/mol. The number of anilines is 1. The minimum Gasteiger partial charge on any atom is -0.335 e. The fourth-order valence-corrected chi connectivity index (χ4v) is 7.08. The van der Waals surface area contributed by atoms with E-state index in [-0.39, 0.29) is 11.4 Å². The number of thioether (sulfide) groups is 1. The molecule has 2 aromatic carbocycles. The number of rotatable bonds is 4. The van der Waals surface area contributed by atoms with Gasteiger partial charge >= 0.3 is 0 Å². The van der Waals surface area contributed by atoms with Crippen LogP contribution in [0, 0.1) is 5.82 Å². The van der Waals surface area contributed by atoms with Crippen LogP contribution in [0.25, 0.3) is 22.4 Å². The van der Waals surface area contributed by atoms with E-state index in [4.69, 9.17) is 0 Å². The van der Waals surface area contributed by atoms with Crippen LogP contribution in [0.1, 0.15) is 18.4 Å². The van der Waals surface area contributed by atoms with Crippen LogP contribution in [0.5, 0.6) is 0 Å². The van der Waals surface area contributed by atoms with Gasteiger partial charge in [-0.3, -0.25) is 4.79 Å². The number of hydrogen-bond donors (Lipinski definition) is 0. The van der Waals surface area contributed by atoms with E-state index < -0.39 is 0 Å². The first-order valence-corrected chi connectivity index (χ1v) is 13.1. The zero-order valence-corrected chi connectivity index (χ0v) is 21.0. The molecule has 8 heteroatoms. The Bertz CT molecular complexity index is 1580. The first-order valence-electron chi connectivity index (χ1n) is 10.7. The summed E-state index contributed by atoms with van der Waals surface area (Å²) >= 11 is 4.79. The largest absolute Gasteiger partial charge is 0.335 e. The van der Waals surface area contributed by atoms with E-state index in [9.17, 15) is 9.18 Å². The third-order valence-electron chi connectivity index (χ3n) is 5.60. The lowest BCUT2D eigenvalue weighted by Gasteiger charge is -2.19. The first-order chi connectivity index (χ1) is 16.0. The van der Waals surface area contributed by atoms with E-state index >= 15 is 0 Å². The number of benzene rings is 2. The Balaban J connectivity index is 1.56. The lowest BCUT2D eigenvalue weighted by Crippen LogP contribution is -2.31. The van der Waals surface area contributed by atoms with Crippen molar-refractivity contribution in [1.82, 2.24) is 4.57 Å². The normalized spacial score (nSPS) is 15.9. The Morgan fingerprint density at radius 1 is 1.12 bits per heavy atom. The molecule has 0 radical (unpaired) electrons. The number of aryl methyl sites for hydroxylation is 1. The topological polar surface area (TPSA) is 29.1 Å². The van der Waals surface area contributed by atoms with Crippen LogP contribution >= 0.6 is 34.4 Å². The molecule has 0 fully saturated rings. The maximum atomic E-state index is 13.7. The molecule has 0 N–H and O–H groups in total. The average Bonchev–Trinajstić information content (AvgIpc) is 3.41. The van der Waals surface area contributed by atoms with Gasteiger partial charge < -0.3 is 9.47 Å². The van der Waals surface area contributed by atoms with Crippen molar-refractivity contribution in [1.29, 1.82) is 0 Å². The Morgan fingerprint density at radius 2 is 1.94 bits per heavy atom. The van der Waals surface area contributed by atoms with Crippen molar-refractivity contribution in [2.24, 2.45) is 14.1 Å². The number of allylic oxidation sites excluding steroid dienone is 1. The number of fused-ring (bicyclic) bond motifs is 2. The van der Waals surface area contributed by atoms with E-state index in [1.54, 1.807) is 46.8 Å². The molecular formula is C25H23FN3OS3+. The number of aromatic nitrogens is 2. The summed E-state index contributed by atoms with van der Waals surface area (Å²) in [7, 11) is 3.72. The lowest BCUT2D eigenvalue weighted by molar-refractivity contribution is -0.642. The maximum Gasteiger partial charge on any atom is 0.268 e. The number of nitrogens with zero attached hydrogens (tertiary/aromatic N) is 3. The highest BCUT2D eigenvalue weighted by Gasteiger charge is 2.23. The van der Waals surface area contributed by atoms with Crippen molar-refractivity contribution in [3.8, 4) is 0 Å². The highest BCUT2D eigenvalue weighted by atomic mass is 32.2. The third-order valence-corrected chi connectivity index (χ3v) is 9.02. The second-order valence-corrected chi connectivity index (χ2v) is 11.0. The Labute approximate surface area is 203 Å². The molecule has 0 unspecified atom stereocenters. The minimum atomic E-state index is -0.250. The second kappa shape index (κ2) is 8.93. The van der Waals surface area contributed by atoms with E-state index in [1.807, 2.05) is 23.8 Å². The summed E-state index contributed by atoms with van der Waals surface area (Å²) in [4.78, 5) is 16.5. The predicted octanol–water partition coefficient (Wildman–Crippen LogP) is 4.10. The maximum absolute atomic E-state index is 13.7. The van der Waals surface area contributed by atoms with E-state index in [0.717, 1.165) is 37.9 Å². The summed E-state index contributed by atoms with van der Waals surface area (Å²) in [6, 6.07) is 13.2. The highest BCUT2D eigenvalue weighted by Crippen LogP contribution is 2.45. The molecule has 4 aromatic rings. The van der Waals surface area contributed by atoms with Gasteiger partial charge in [-0.05, 0) is 42.8 Å². The van der Waals surface area contributed by atoms with Crippen molar-refractivity contribution in [3.05, 3.63) is 83.9 Å². The van der Waals surface area contributed by atoms with Gasteiger partial charge in [-0.1, -0.05) is 42.2 Å². The quantitative estimate of drug-likeness (QED) is 0.399. The van der Waals surface area contributed by atoms with Gasteiger partial charge in [0, 0.05) is 24.6 Å². The molecule has 0 saturated heterocycles. The van der Waals surface area contributed by atoms with Crippen molar-refractivity contribution in [2.75, 3.05) is 11.4 Å². The zero-order chi connectivity index (χ0) is 23.1. The molecule has 33 heavy (non-hydrogen) atoms. The van der Waals surface area contributed by atoms with Crippen LogP contribution in [-0.4, -0.2) is 11.1 Å². The van der Waals surface area contributed by atoms with E-state index in [0.29, 0.717) is 4.53 Å². The number of hydrogen-bond acceptors (Lipinski definition) is 5. The van der Waals surface area contributed by atoms with Gasteiger partial charge in [0.25, 0.3) is 10.6 Å². The fraction of sp³-hybridized carbons (Fsp3) is 0.200. The Kier molecular flexibility index (Phi) is 5.99. The van der Waals surface area contributed by atoms with E-state index in [2.05, 4.69) is 42.2 Å². The van der Waals surface area contributed by atoms with Gasteiger partial charge in [0.05, 0.1) is 21.3 Å². The van der Waals surface area contributed by atoms with Gasteiger partial charge in [0.2, 0.25) is 5.52 Å². The Hall–Kier alpha value is -2.68. The highest BCUT2D eigenvalue weighted by molar-refractivity contribution is 8.03. The lowest BCUT2D eigenvalue weighted by atomic mass is 10.3. The minimum absolute atomic E-state index is 0.0135. The van der Waals surface area contributed by atoms with E-state index in [1.165, 1.54) is 28.0 Å². The second-order valence-electron chi connectivity index (χ2n) is 7.82. The van der Waals surface area contributed by atoms with Gasteiger partial charge in [-0.25, -0.2) is 4.39 Å². The van der Waals surface area contributed by atoms with Crippen LogP contribution in [0.2, 0.25) is 0 Å². The number of halogens is 1. The summed E-state index contributed by atoms with van der Waals surface area (Å²) in [5.74, 6) is -0.250. The summed E-state index contributed by atoms with van der Waals surface area (Å²) in [6.45, 7) is 3.11. The standard InChI is InChI=1S/C25H23FN3OS3/c1-4-13-29-17-7-5-6-8-19(17)31-22(29)12-11-21-25(30)28(3)24(33-21)15-23-27(2)18-14-16(26)9-10-20(18)32-23/h5-12,14-15H,4,13H2,1-3H3/q+1/b21-11-,22-12-. The summed E-state index contributed by atoms with van der Waals surface area (Å²) in [5.41, 5.74) is 2.06. The van der Waals surface area contributed by atoms with Gasteiger partial charge in [0.1, 0.15) is 22.2 Å². The summed E-state index contributed by atoms with van der Waals surface area (Å²) in [5, 5.41) is 2.10. The van der Waals surface area contributed by atoms with Crippen molar-refractivity contribution in [3.63, 3.8) is 0 Å². The first kappa shape index (κ1) is 22.1. The molecule has 0 atom stereocenters. The Morgan fingerprint density at radius 3 is 2.76 bits per heavy atom. The molecule has 0 bridgehead atoms. The zero-order valence-electron chi connectivity index (χ0n) is 18.5. The third kappa shape index (κ3) is 4.07. The molecule has 168 valence electrons.